The van der Waals surface area contributed by atoms with E-state index in [0.717, 1.165) is 16.8 Å². The number of nitrogens with zero attached hydrogens (tertiary/aromatic N) is 1. The number of hydrogen-bond donors (Lipinski definition) is 0. The fraction of sp³-hybridized carbons (Fsp3) is 0.143. The predicted octanol–water partition coefficient (Wildman–Crippen LogP) is 3.34. The standard InChI is InChI=1S/C14H13NO/c1-2-14(16)12-8-4-3-7-11(12)13-9-5-6-10-15-13/h3-10H,2H2,1H3. The van der Waals surface area contributed by atoms with E-state index >= 15 is 0 Å². The zero-order chi connectivity index (χ0) is 11.4. The van der Waals surface area contributed by atoms with Crippen molar-refractivity contribution in [3.05, 3.63) is 54.2 Å². The van der Waals surface area contributed by atoms with Crippen molar-refractivity contribution in [3.63, 3.8) is 0 Å². The van der Waals surface area contributed by atoms with Crippen LogP contribution in [0, 0.1) is 0 Å². The van der Waals surface area contributed by atoms with Gasteiger partial charge in [-0.05, 0) is 12.1 Å². The fourth-order valence-corrected chi connectivity index (χ4v) is 1.66. The van der Waals surface area contributed by atoms with Gasteiger partial charge < -0.3 is 0 Å². The third-order valence-corrected chi connectivity index (χ3v) is 2.49. The molecule has 0 unspecified atom stereocenters. The van der Waals surface area contributed by atoms with Crippen LogP contribution in [-0.4, -0.2) is 10.8 Å². The molecule has 1 aromatic heterocycles. The third kappa shape index (κ3) is 2.01. The summed E-state index contributed by atoms with van der Waals surface area (Å²) in [5.74, 6) is 0.154. The minimum absolute atomic E-state index is 0.154. The maximum absolute atomic E-state index is 11.8. The van der Waals surface area contributed by atoms with Crippen LogP contribution >= 0.6 is 0 Å². The summed E-state index contributed by atoms with van der Waals surface area (Å²) in [5, 5.41) is 0. The van der Waals surface area contributed by atoms with E-state index in [1.54, 1.807) is 6.20 Å². The molecular weight excluding hydrogens is 198 g/mol. The molecule has 2 aromatic rings. The lowest BCUT2D eigenvalue weighted by Crippen LogP contribution is -1.99. The van der Waals surface area contributed by atoms with Gasteiger partial charge in [0.1, 0.15) is 0 Å². The van der Waals surface area contributed by atoms with Crippen LogP contribution in [0.5, 0.6) is 0 Å². The van der Waals surface area contributed by atoms with Crippen LogP contribution in [0.3, 0.4) is 0 Å². The first-order chi connectivity index (χ1) is 7.83. The number of benzene rings is 1. The van der Waals surface area contributed by atoms with E-state index in [-0.39, 0.29) is 5.78 Å². The first-order valence-electron chi connectivity index (χ1n) is 5.36. The van der Waals surface area contributed by atoms with Crippen molar-refractivity contribution < 1.29 is 4.79 Å². The average Bonchev–Trinajstić information content (AvgIpc) is 2.39. The molecule has 0 spiro atoms. The second-order valence-electron chi connectivity index (χ2n) is 3.54. The van der Waals surface area contributed by atoms with Crippen molar-refractivity contribution in [1.82, 2.24) is 4.98 Å². The van der Waals surface area contributed by atoms with Gasteiger partial charge in [-0.2, -0.15) is 0 Å². The van der Waals surface area contributed by atoms with Crippen LogP contribution < -0.4 is 0 Å². The van der Waals surface area contributed by atoms with Crippen molar-refractivity contribution >= 4 is 5.78 Å². The van der Waals surface area contributed by atoms with E-state index in [4.69, 9.17) is 0 Å². The number of carbonyl (C=O) groups is 1. The van der Waals surface area contributed by atoms with Crippen molar-refractivity contribution in [2.75, 3.05) is 0 Å². The SMILES string of the molecule is CCC(=O)c1ccccc1-c1ccccn1. The lowest BCUT2D eigenvalue weighted by molar-refractivity contribution is 0.0989. The molecule has 0 atom stereocenters. The normalized spacial score (nSPS) is 10.1. The average molecular weight is 211 g/mol. The monoisotopic (exact) mass is 211 g/mol. The van der Waals surface area contributed by atoms with E-state index in [0.29, 0.717) is 6.42 Å². The second-order valence-corrected chi connectivity index (χ2v) is 3.54. The molecule has 0 radical (unpaired) electrons. The van der Waals surface area contributed by atoms with Crippen molar-refractivity contribution in [1.29, 1.82) is 0 Å². The van der Waals surface area contributed by atoms with E-state index < -0.39 is 0 Å². The van der Waals surface area contributed by atoms with Crippen LogP contribution in [0.4, 0.5) is 0 Å². The number of pyridine rings is 1. The highest BCUT2D eigenvalue weighted by molar-refractivity contribution is 6.01. The Morgan fingerprint density at radius 1 is 1.12 bits per heavy atom. The number of hydrogen-bond acceptors (Lipinski definition) is 2. The molecule has 1 aromatic carbocycles. The van der Waals surface area contributed by atoms with Gasteiger partial charge in [0.25, 0.3) is 0 Å². The van der Waals surface area contributed by atoms with Gasteiger partial charge in [-0.3, -0.25) is 9.78 Å². The van der Waals surface area contributed by atoms with Crippen LogP contribution in [0.15, 0.2) is 48.7 Å². The molecule has 80 valence electrons. The van der Waals surface area contributed by atoms with Gasteiger partial charge in [0.05, 0.1) is 5.69 Å². The second kappa shape index (κ2) is 4.71. The lowest BCUT2D eigenvalue weighted by Gasteiger charge is -2.06. The summed E-state index contributed by atoms with van der Waals surface area (Å²) in [6, 6.07) is 13.3. The zero-order valence-corrected chi connectivity index (χ0v) is 9.18. The molecule has 0 aliphatic heterocycles. The lowest BCUT2D eigenvalue weighted by atomic mass is 9.99. The molecule has 0 saturated heterocycles. The fourth-order valence-electron chi connectivity index (χ4n) is 1.66. The largest absolute Gasteiger partial charge is 0.294 e. The molecule has 16 heavy (non-hydrogen) atoms. The van der Waals surface area contributed by atoms with Crippen molar-refractivity contribution in [2.24, 2.45) is 0 Å². The first kappa shape index (κ1) is 10.6. The summed E-state index contributed by atoms with van der Waals surface area (Å²) < 4.78 is 0. The van der Waals surface area contributed by atoms with E-state index in [1.165, 1.54) is 0 Å². The Kier molecular flexibility index (Phi) is 3.10. The molecular formula is C14H13NO. The molecule has 0 aliphatic rings. The molecule has 0 fully saturated rings. The van der Waals surface area contributed by atoms with Gasteiger partial charge in [-0.25, -0.2) is 0 Å². The van der Waals surface area contributed by atoms with Gasteiger partial charge >= 0.3 is 0 Å². The Balaban J connectivity index is 2.53. The summed E-state index contributed by atoms with van der Waals surface area (Å²) in [6.45, 7) is 1.87. The minimum atomic E-state index is 0.154. The molecule has 1 heterocycles. The topological polar surface area (TPSA) is 30.0 Å². The van der Waals surface area contributed by atoms with Crippen molar-refractivity contribution in [2.45, 2.75) is 13.3 Å². The Morgan fingerprint density at radius 3 is 2.56 bits per heavy atom. The Labute approximate surface area is 95.0 Å². The molecule has 0 amide bonds. The molecule has 2 heteroatoms. The number of ketones is 1. The van der Waals surface area contributed by atoms with Gasteiger partial charge in [0.15, 0.2) is 5.78 Å². The van der Waals surface area contributed by atoms with Gasteiger partial charge in [-0.1, -0.05) is 37.3 Å². The number of aromatic nitrogens is 1. The van der Waals surface area contributed by atoms with E-state index in [9.17, 15) is 4.79 Å². The van der Waals surface area contributed by atoms with Crippen LogP contribution in [0.1, 0.15) is 23.7 Å². The van der Waals surface area contributed by atoms with Gasteiger partial charge in [0, 0.05) is 23.7 Å². The summed E-state index contributed by atoms with van der Waals surface area (Å²) >= 11 is 0. The zero-order valence-electron chi connectivity index (χ0n) is 9.18. The predicted molar refractivity (Wildman–Crippen MR) is 64.3 cm³/mol. The summed E-state index contributed by atoms with van der Waals surface area (Å²) in [6.07, 6.45) is 2.26. The molecule has 0 N–H and O–H groups in total. The number of carbonyl (C=O) groups excluding carboxylic acids is 1. The van der Waals surface area contributed by atoms with Crippen molar-refractivity contribution in [3.8, 4) is 11.3 Å². The third-order valence-electron chi connectivity index (χ3n) is 2.49. The Bertz CT molecular complexity index is 491. The summed E-state index contributed by atoms with van der Waals surface area (Å²) in [4.78, 5) is 16.1. The van der Waals surface area contributed by atoms with Gasteiger partial charge in [-0.15, -0.1) is 0 Å². The number of rotatable bonds is 3. The highest BCUT2D eigenvalue weighted by atomic mass is 16.1. The van der Waals surface area contributed by atoms with E-state index in [1.807, 2.05) is 49.4 Å². The maximum atomic E-state index is 11.8. The Morgan fingerprint density at radius 2 is 1.88 bits per heavy atom. The molecule has 2 rings (SSSR count). The maximum Gasteiger partial charge on any atom is 0.163 e. The quantitative estimate of drug-likeness (QED) is 0.729. The highest BCUT2D eigenvalue weighted by Crippen LogP contribution is 2.22. The molecule has 0 bridgehead atoms. The van der Waals surface area contributed by atoms with E-state index in [2.05, 4.69) is 4.98 Å². The van der Waals surface area contributed by atoms with Gasteiger partial charge in [0.2, 0.25) is 0 Å². The van der Waals surface area contributed by atoms with Crippen LogP contribution in [0.2, 0.25) is 0 Å². The van der Waals surface area contributed by atoms with Crippen LogP contribution in [0.25, 0.3) is 11.3 Å². The molecule has 0 aliphatic carbocycles. The molecule has 2 nitrogen and oxygen atoms in total. The summed E-state index contributed by atoms with van der Waals surface area (Å²) in [7, 11) is 0. The Hall–Kier alpha value is -1.96. The highest BCUT2D eigenvalue weighted by Gasteiger charge is 2.10. The van der Waals surface area contributed by atoms with Crippen LogP contribution in [-0.2, 0) is 0 Å². The summed E-state index contributed by atoms with van der Waals surface area (Å²) in [5.41, 5.74) is 2.51. The smallest absolute Gasteiger partial charge is 0.163 e. The minimum Gasteiger partial charge on any atom is -0.294 e. The molecule has 0 saturated carbocycles. The first-order valence-corrected chi connectivity index (χ1v) is 5.36. The number of Topliss-reactive ketones (excluding diaryl/α,β-unsaturated/α-hetero) is 1.